The summed E-state index contributed by atoms with van der Waals surface area (Å²) in [6, 6.07) is 5.69. The van der Waals surface area contributed by atoms with Gasteiger partial charge < -0.3 is 5.73 Å². The molecule has 2 N–H and O–H groups in total. The number of benzene rings is 1. The number of nitrogens with two attached hydrogens (primary N) is 1. The molecule has 0 aliphatic heterocycles. The first-order valence-electron chi connectivity index (χ1n) is 4.73. The zero-order valence-electron chi connectivity index (χ0n) is 8.98. The lowest BCUT2D eigenvalue weighted by Crippen LogP contribution is -2.36. The largest absolute Gasteiger partial charge is 0.399 e. The normalized spacial score (nSPS) is 12.4. The summed E-state index contributed by atoms with van der Waals surface area (Å²) in [7, 11) is -3.91. The topological polar surface area (TPSA) is 77.2 Å². The summed E-state index contributed by atoms with van der Waals surface area (Å²) in [6.07, 6.45) is 0. The predicted molar refractivity (Wildman–Crippen MR) is 69.1 cm³/mol. The van der Waals surface area contributed by atoms with Crippen molar-refractivity contribution >= 4 is 44.5 Å². The SMILES string of the molecule is CCS(=O)(=O)C(Cl)(Cl)C(=O)c1ccc(N)cc1. The molecule has 0 aliphatic carbocycles. The molecule has 0 heterocycles. The summed E-state index contributed by atoms with van der Waals surface area (Å²) in [6.45, 7) is 1.37. The molecule has 0 aliphatic rings. The van der Waals surface area contributed by atoms with Crippen LogP contribution in [0.3, 0.4) is 0 Å². The molecule has 0 bridgehead atoms. The second-order valence-electron chi connectivity index (χ2n) is 3.37. The summed E-state index contributed by atoms with van der Waals surface area (Å²) >= 11 is 11.3. The molecule has 0 saturated heterocycles. The van der Waals surface area contributed by atoms with Gasteiger partial charge in [0.1, 0.15) is 0 Å². The van der Waals surface area contributed by atoms with Gasteiger partial charge in [0.25, 0.3) is 3.67 Å². The fraction of sp³-hybridized carbons (Fsp3) is 0.300. The Hall–Kier alpha value is -0.780. The van der Waals surface area contributed by atoms with E-state index in [1.165, 1.54) is 31.2 Å². The molecule has 0 unspecified atom stereocenters. The number of nitrogen functional groups attached to an aromatic ring is 1. The van der Waals surface area contributed by atoms with Crippen molar-refractivity contribution in [1.29, 1.82) is 0 Å². The molecule has 94 valence electrons. The van der Waals surface area contributed by atoms with Gasteiger partial charge in [-0.1, -0.05) is 30.1 Å². The minimum Gasteiger partial charge on any atom is -0.399 e. The first-order chi connectivity index (χ1) is 7.72. The van der Waals surface area contributed by atoms with Crippen LogP contribution in [0.4, 0.5) is 5.69 Å². The van der Waals surface area contributed by atoms with E-state index in [-0.39, 0.29) is 11.3 Å². The van der Waals surface area contributed by atoms with Gasteiger partial charge in [-0.15, -0.1) is 0 Å². The Labute approximate surface area is 110 Å². The van der Waals surface area contributed by atoms with Crippen LogP contribution in [0.25, 0.3) is 0 Å². The summed E-state index contributed by atoms with van der Waals surface area (Å²) < 4.78 is 20.7. The van der Waals surface area contributed by atoms with E-state index in [1.54, 1.807) is 0 Å². The van der Waals surface area contributed by atoms with Crippen LogP contribution >= 0.6 is 23.2 Å². The number of alkyl halides is 2. The van der Waals surface area contributed by atoms with E-state index in [0.717, 1.165) is 0 Å². The Kier molecular flexibility index (Phi) is 4.06. The van der Waals surface area contributed by atoms with Crippen molar-refractivity contribution in [2.75, 3.05) is 11.5 Å². The van der Waals surface area contributed by atoms with Gasteiger partial charge in [-0.3, -0.25) is 4.79 Å². The molecule has 1 rings (SSSR count). The number of hydrogen-bond acceptors (Lipinski definition) is 4. The lowest BCUT2D eigenvalue weighted by molar-refractivity contribution is 0.0996. The van der Waals surface area contributed by atoms with Crippen LogP contribution in [0, 0.1) is 0 Å². The van der Waals surface area contributed by atoms with Crippen molar-refractivity contribution in [1.82, 2.24) is 0 Å². The molecular formula is C10H11Cl2NO3S. The summed E-state index contributed by atoms with van der Waals surface area (Å²) in [5.74, 6) is -1.19. The zero-order valence-corrected chi connectivity index (χ0v) is 11.3. The fourth-order valence-electron chi connectivity index (χ4n) is 1.13. The summed E-state index contributed by atoms with van der Waals surface area (Å²) in [5, 5.41) is 0. The van der Waals surface area contributed by atoms with E-state index in [9.17, 15) is 13.2 Å². The number of ketones is 1. The van der Waals surface area contributed by atoms with Gasteiger partial charge in [0.15, 0.2) is 9.84 Å². The maximum absolute atomic E-state index is 11.9. The fourth-order valence-corrected chi connectivity index (χ4v) is 2.76. The van der Waals surface area contributed by atoms with Crippen LogP contribution < -0.4 is 5.73 Å². The van der Waals surface area contributed by atoms with E-state index >= 15 is 0 Å². The van der Waals surface area contributed by atoms with E-state index in [1.807, 2.05) is 0 Å². The summed E-state index contributed by atoms with van der Waals surface area (Å²) in [5.41, 5.74) is 6.00. The minimum absolute atomic E-state index is 0.0984. The van der Waals surface area contributed by atoms with Crippen molar-refractivity contribution in [2.24, 2.45) is 0 Å². The highest BCUT2D eigenvalue weighted by atomic mass is 35.5. The standard InChI is InChI=1S/C10H11Cl2NO3S/c1-2-17(15,16)10(11,12)9(14)7-3-5-8(13)6-4-7/h3-6H,2,13H2,1H3. The highest BCUT2D eigenvalue weighted by molar-refractivity contribution is 7.96. The number of halogens is 2. The van der Waals surface area contributed by atoms with Crippen molar-refractivity contribution in [3.63, 3.8) is 0 Å². The second kappa shape index (κ2) is 4.84. The molecule has 0 atom stereocenters. The monoisotopic (exact) mass is 295 g/mol. The zero-order chi connectivity index (χ0) is 13.3. The molecule has 0 saturated carbocycles. The number of anilines is 1. The molecule has 0 aromatic heterocycles. The lowest BCUT2D eigenvalue weighted by atomic mass is 10.1. The molecular weight excluding hydrogens is 285 g/mol. The lowest BCUT2D eigenvalue weighted by Gasteiger charge is -2.17. The average molecular weight is 296 g/mol. The third kappa shape index (κ3) is 2.73. The van der Waals surface area contributed by atoms with Crippen molar-refractivity contribution in [3.05, 3.63) is 29.8 Å². The smallest absolute Gasteiger partial charge is 0.280 e. The second-order valence-corrected chi connectivity index (χ2v) is 7.57. The predicted octanol–water partition coefficient (Wildman–Crippen LogP) is 2.02. The van der Waals surface area contributed by atoms with Crippen LogP contribution in [0.15, 0.2) is 24.3 Å². The Morgan fingerprint density at radius 2 is 1.76 bits per heavy atom. The highest BCUT2D eigenvalue weighted by Crippen LogP contribution is 2.33. The molecule has 0 fully saturated rings. The first-order valence-corrected chi connectivity index (χ1v) is 7.13. The number of hydrogen-bond donors (Lipinski definition) is 1. The van der Waals surface area contributed by atoms with Crippen LogP contribution in [0.2, 0.25) is 0 Å². The molecule has 1 aromatic rings. The van der Waals surface area contributed by atoms with E-state index < -0.39 is 19.3 Å². The minimum atomic E-state index is -3.91. The molecule has 0 amide bonds. The van der Waals surface area contributed by atoms with Crippen LogP contribution in [-0.2, 0) is 9.84 Å². The van der Waals surface area contributed by atoms with E-state index in [0.29, 0.717) is 5.69 Å². The van der Waals surface area contributed by atoms with Gasteiger partial charge in [0.2, 0.25) is 5.78 Å². The molecule has 7 heteroatoms. The Morgan fingerprint density at radius 3 is 2.18 bits per heavy atom. The third-order valence-corrected chi connectivity index (χ3v) is 5.69. The average Bonchev–Trinajstić information content (AvgIpc) is 2.28. The number of Topliss-reactive ketones (excluding diaryl/α,β-unsaturated/α-hetero) is 1. The Bertz CT molecular complexity index is 523. The van der Waals surface area contributed by atoms with Gasteiger partial charge in [-0.25, -0.2) is 8.42 Å². The Morgan fingerprint density at radius 1 is 1.29 bits per heavy atom. The quantitative estimate of drug-likeness (QED) is 0.524. The number of rotatable bonds is 4. The molecule has 17 heavy (non-hydrogen) atoms. The molecule has 0 radical (unpaired) electrons. The molecule has 4 nitrogen and oxygen atoms in total. The van der Waals surface area contributed by atoms with Gasteiger partial charge in [-0.2, -0.15) is 0 Å². The van der Waals surface area contributed by atoms with Crippen molar-refractivity contribution in [2.45, 2.75) is 10.6 Å². The van der Waals surface area contributed by atoms with Crippen LogP contribution in [-0.4, -0.2) is 23.6 Å². The maximum Gasteiger partial charge on any atom is 0.280 e. The van der Waals surface area contributed by atoms with Crippen LogP contribution in [0.1, 0.15) is 17.3 Å². The molecule has 1 aromatic carbocycles. The molecule has 0 spiro atoms. The summed E-state index contributed by atoms with van der Waals surface area (Å²) in [4.78, 5) is 11.9. The Balaban J connectivity index is 3.18. The number of sulfone groups is 1. The number of carbonyl (C=O) groups excluding carboxylic acids is 1. The number of carbonyl (C=O) groups is 1. The van der Waals surface area contributed by atoms with Gasteiger partial charge in [0, 0.05) is 11.3 Å². The van der Waals surface area contributed by atoms with Gasteiger partial charge in [-0.05, 0) is 24.3 Å². The van der Waals surface area contributed by atoms with Gasteiger partial charge >= 0.3 is 0 Å². The first kappa shape index (κ1) is 14.3. The van der Waals surface area contributed by atoms with Gasteiger partial charge in [0.05, 0.1) is 5.75 Å². The van der Waals surface area contributed by atoms with Crippen LogP contribution in [0.5, 0.6) is 0 Å². The third-order valence-electron chi connectivity index (χ3n) is 2.21. The highest BCUT2D eigenvalue weighted by Gasteiger charge is 2.46. The van der Waals surface area contributed by atoms with E-state index in [4.69, 9.17) is 28.9 Å². The van der Waals surface area contributed by atoms with E-state index in [2.05, 4.69) is 0 Å². The maximum atomic E-state index is 11.9. The van der Waals surface area contributed by atoms with Crippen molar-refractivity contribution < 1.29 is 13.2 Å². The van der Waals surface area contributed by atoms with Crippen molar-refractivity contribution in [3.8, 4) is 0 Å².